The molecule has 4 rings (SSSR count). The first-order valence-corrected chi connectivity index (χ1v) is 12.6. The summed E-state index contributed by atoms with van der Waals surface area (Å²) < 4.78 is 7.01. The van der Waals surface area contributed by atoms with E-state index in [0.29, 0.717) is 36.3 Å². The average molecular weight is 499 g/mol. The topological polar surface area (TPSA) is 76.5 Å². The van der Waals surface area contributed by atoms with Gasteiger partial charge in [0.25, 0.3) is 5.56 Å². The molecular weight excluding hydrogens is 464 g/mol. The summed E-state index contributed by atoms with van der Waals surface area (Å²) in [5.74, 6) is 0.518. The van der Waals surface area contributed by atoms with Crippen LogP contribution in [0.25, 0.3) is 16.6 Å². The zero-order valence-electron chi connectivity index (χ0n) is 22.1. The van der Waals surface area contributed by atoms with Gasteiger partial charge >= 0.3 is 6.03 Å². The lowest BCUT2D eigenvalue weighted by Gasteiger charge is -2.32. The quantitative estimate of drug-likeness (QED) is 0.326. The maximum Gasteiger partial charge on any atom is 0.322 e. The molecule has 1 N–H and O–H groups in total. The summed E-state index contributed by atoms with van der Waals surface area (Å²) in [7, 11) is 1.61. The van der Waals surface area contributed by atoms with Crippen molar-refractivity contribution in [3.8, 4) is 5.69 Å². The van der Waals surface area contributed by atoms with Crippen LogP contribution in [0, 0.1) is 20.8 Å². The van der Waals surface area contributed by atoms with Crippen LogP contribution in [-0.2, 0) is 4.74 Å². The molecule has 2 amide bonds. The van der Waals surface area contributed by atoms with Crippen molar-refractivity contribution in [1.29, 1.82) is 0 Å². The molecule has 37 heavy (non-hydrogen) atoms. The number of ether oxygens (including phenoxy) is 1. The number of nitrogens with one attached hydrogen (secondary N) is 1. The van der Waals surface area contributed by atoms with Crippen LogP contribution in [0.1, 0.15) is 41.9 Å². The number of para-hydroxylation sites is 2. The number of rotatable bonds is 8. The number of nitrogens with zero attached hydrogens (tertiary/aromatic N) is 3. The molecule has 192 valence electrons. The molecule has 0 saturated carbocycles. The second-order valence-electron chi connectivity index (χ2n) is 9.27. The Morgan fingerprint density at radius 3 is 2.41 bits per heavy atom. The first-order chi connectivity index (χ1) is 17.8. The lowest BCUT2D eigenvalue weighted by Crippen LogP contribution is -2.42. The second kappa shape index (κ2) is 11.4. The molecule has 1 heterocycles. The minimum absolute atomic E-state index is 0.161. The standard InChI is InChI=1S/C30H34N4O3/c1-6-26(33(17-18-37-5)30(36)32-27-21(3)12-10-13-22(27)4)28-31-25-16-8-7-15-24(25)29(35)34(28)23-14-9-11-20(2)19-23/h7-16,19,26H,6,17-18H2,1-5H3,(H,32,36). The van der Waals surface area contributed by atoms with Crippen LogP contribution in [0.3, 0.4) is 0 Å². The third-order valence-electron chi connectivity index (χ3n) is 6.63. The fourth-order valence-corrected chi connectivity index (χ4v) is 4.71. The third kappa shape index (κ3) is 5.42. The summed E-state index contributed by atoms with van der Waals surface area (Å²) in [6.07, 6.45) is 0.556. The Kier molecular flexibility index (Phi) is 8.04. The molecule has 0 spiro atoms. The van der Waals surface area contributed by atoms with Crippen LogP contribution in [0.15, 0.2) is 71.5 Å². The van der Waals surface area contributed by atoms with Crippen LogP contribution in [0.5, 0.6) is 0 Å². The molecule has 7 nitrogen and oxygen atoms in total. The highest BCUT2D eigenvalue weighted by molar-refractivity contribution is 5.91. The summed E-state index contributed by atoms with van der Waals surface area (Å²) in [6, 6.07) is 20.3. The number of fused-ring (bicyclic) bond motifs is 1. The zero-order valence-corrected chi connectivity index (χ0v) is 22.1. The normalized spacial score (nSPS) is 11.9. The molecule has 1 unspecified atom stereocenters. The molecule has 0 aliphatic rings. The fourth-order valence-electron chi connectivity index (χ4n) is 4.71. The summed E-state index contributed by atoms with van der Waals surface area (Å²) in [4.78, 5) is 34.3. The van der Waals surface area contributed by atoms with Gasteiger partial charge in [-0.1, -0.05) is 49.4 Å². The van der Waals surface area contributed by atoms with E-state index in [1.807, 2.05) is 88.4 Å². The van der Waals surface area contributed by atoms with E-state index in [4.69, 9.17) is 9.72 Å². The van der Waals surface area contributed by atoms with Gasteiger partial charge in [0.05, 0.1) is 29.2 Å². The predicted octanol–water partition coefficient (Wildman–Crippen LogP) is 5.94. The van der Waals surface area contributed by atoms with Gasteiger partial charge in [0, 0.05) is 19.3 Å². The van der Waals surface area contributed by atoms with Crippen molar-refractivity contribution in [1.82, 2.24) is 14.5 Å². The number of aryl methyl sites for hydroxylation is 3. The van der Waals surface area contributed by atoms with Gasteiger partial charge < -0.3 is 15.0 Å². The minimum Gasteiger partial charge on any atom is -0.383 e. The molecule has 1 aromatic heterocycles. The Hall–Kier alpha value is -3.97. The molecule has 0 aliphatic heterocycles. The Morgan fingerprint density at radius 2 is 1.73 bits per heavy atom. The van der Waals surface area contributed by atoms with E-state index in [0.717, 1.165) is 28.1 Å². The van der Waals surface area contributed by atoms with Crippen molar-refractivity contribution in [2.45, 2.75) is 40.2 Å². The number of methoxy groups -OCH3 is 1. The molecule has 4 aromatic rings. The lowest BCUT2D eigenvalue weighted by atomic mass is 10.1. The first kappa shape index (κ1) is 26.1. The monoisotopic (exact) mass is 498 g/mol. The number of carbonyl (C=O) groups excluding carboxylic acids is 1. The van der Waals surface area contributed by atoms with Crippen LogP contribution in [0.2, 0.25) is 0 Å². The molecule has 3 aromatic carbocycles. The zero-order chi connectivity index (χ0) is 26.5. The number of anilines is 1. The molecular formula is C30H34N4O3. The number of aromatic nitrogens is 2. The lowest BCUT2D eigenvalue weighted by molar-refractivity contribution is 0.131. The van der Waals surface area contributed by atoms with Gasteiger partial charge in [-0.2, -0.15) is 0 Å². The Bertz CT molecular complexity index is 1460. The number of benzene rings is 3. The van der Waals surface area contributed by atoms with Gasteiger partial charge in [-0.15, -0.1) is 0 Å². The van der Waals surface area contributed by atoms with Crippen molar-refractivity contribution in [3.05, 3.63) is 99.6 Å². The van der Waals surface area contributed by atoms with E-state index < -0.39 is 6.04 Å². The van der Waals surface area contributed by atoms with Crippen LogP contribution < -0.4 is 10.9 Å². The van der Waals surface area contributed by atoms with Crippen LogP contribution >= 0.6 is 0 Å². The van der Waals surface area contributed by atoms with Crippen molar-refractivity contribution in [2.24, 2.45) is 0 Å². The Labute approximate surface area is 217 Å². The molecule has 7 heteroatoms. The highest BCUT2D eigenvalue weighted by Gasteiger charge is 2.29. The maximum absolute atomic E-state index is 13.8. The number of amides is 2. The largest absolute Gasteiger partial charge is 0.383 e. The molecule has 0 saturated heterocycles. The molecule has 0 bridgehead atoms. The predicted molar refractivity (Wildman–Crippen MR) is 149 cm³/mol. The van der Waals surface area contributed by atoms with E-state index >= 15 is 0 Å². The highest BCUT2D eigenvalue weighted by Crippen LogP contribution is 2.28. The minimum atomic E-state index is -0.475. The number of urea groups is 1. The molecule has 0 radical (unpaired) electrons. The van der Waals surface area contributed by atoms with Crippen molar-refractivity contribution in [2.75, 3.05) is 25.6 Å². The second-order valence-corrected chi connectivity index (χ2v) is 9.27. The van der Waals surface area contributed by atoms with Gasteiger partial charge in [-0.25, -0.2) is 9.78 Å². The Morgan fingerprint density at radius 1 is 1.03 bits per heavy atom. The first-order valence-electron chi connectivity index (χ1n) is 12.6. The number of hydrogen-bond donors (Lipinski definition) is 1. The van der Waals surface area contributed by atoms with E-state index in [1.54, 1.807) is 22.6 Å². The molecule has 1 atom stereocenters. The van der Waals surface area contributed by atoms with Crippen molar-refractivity contribution >= 4 is 22.6 Å². The Balaban J connectivity index is 1.89. The molecule has 0 fully saturated rings. The van der Waals surface area contributed by atoms with Crippen molar-refractivity contribution < 1.29 is 9.53 Å². The maximum atomic E-state index is 13.8. The molecule has 0 aliphatic carbocycles. The van der Waals surface area contributed by atoms with Crippen LogP contribution in [-0.4, -0.2) is 40.7 Å². The van der Waals surface area contributed by atoms with Gasteiger partial charge in [0.15, 0.2) is 0 Å². The van der Waals surface area contributed by atoms with Gasteiger partial charge in [-0.3, -0.25) is 9.36 Å². The van der Waals surface area contributed by atoms with E-state index in [1.165, 1.54) is 0 Å². The van der Waals surface area contributed by atoms with Gasteiger partial charge in [-0.05, 0) is 68.1 Å². The van der Waals surface area contributed by atoms with Gasteiger partial charge in [0.1, 0.15) is 5.82 Å². The summed E-state index contributed by atoms with van der Waals surface area (Å²) in [5, 5.41) is 3.64. The van der Waals surface area contributed by atoms with E-state index in [9.17, 15) is 9.59 Å². The fraction of sp³-hybridized carbons (Fsp3) is 0.300. The van der Waals surface area contributed by atoms with Gasteiger partial charge in [0.2, 0.25) is 0 Å². The third-order valence-corrected chi connectivity index (χ3v) is 6.63. The van der Waals surface area contributed by atoms with E-state index in [-0.39, 0.29) is 11.6 Å². The highest BCUT2D eigenvalue weighted by atomic mass is 16.5. The van der Waals surface area contributed by atoms with Crippen molar-refractivity contribution in [3.63, 3.8) is 0 Å². The summed E-state index contributed by atoms with van der Waals surface area (Å²) in [6.45, 7) is 8.61. The van der Waals surface area contributed by atoms with E-state index in [2.05, 4.69) is 5.32 Å². The van der Waals surface area contributed by atoms with Crippen LogP contribution in [0.4, 0.5) is 10.5 Å². The number of carbonyl (C=O) groups is 1. The summed E-state index contributed by atoms with van der Waals surface area (Å²) >= 11 is 0. The average Bonchev–Trinajstić information content (AvgIpc) is 2.88. The smallest absolute Gasteiger partial charge is 0.322 e. The summed E-state index contributed by atoms with van der Waals surface area (Å²) in [5.41, 5.74) is 4.94. The number of hydrogen-bond acceptors (Lipinski definition) is 4. The SMILES string of the molecule is CCC(c1nc2ccccc2c(=O)n1-c1cccc(C)c1)N(CCOC)C(=O)Nc1c(C)cccc1C.